The maximum Gasteiger partial charge on any atom is 0.281 e. The summed E-state index contributed by atoms with van der Waals surface area (Å²) in [7, 11) is -14.3. The molecule has 1 aliphatic rings. The Morgan fingerprint density at radius 3 is 1.28 bits per heavy atom. The molecule has 4 N–H and O–H groups in total. The highest BCUT2D eigenvalue weighted by Crippen LogP contribution is 2.24. The summed E-state index contributed by atoms with van der Waals surface area (Å²) >= 11 is 0. The van der Waals surface area contributed by atoms with Crippen LogP contribution in [0.3, 0.4) is 0 Å². The molecule has 13 heteroatoms. The van der Waals surface area contributed by atoms with Crippen LogP contribution in [0.5, 0.6) is 0 Å². The van der Waals surface area contributed by atoms with Crippen molar-refractivity contribution in [2.24, 2.45) is 0 Å². The summed E-state index contributed by atoms with van der Waals surface area (Å²) in [5.74, 6) is 0. The van der Waals surface area contributed by atoms with Crippen molar-refractivity contribution in [1.29, 1.82) is 0 Å². The minimum atomic E-state index is -4.77. The van der Waals surface area contributed by atoms with Gasteiger partial charge in [-0.3, -0.25) is 19.0 Å². The molecule has 1 saturated heterocycles. The predicted octanol–water partition coefficient (Wildman–Crippen LogP) is -1.95. The third-order valence-electron chi connectivity index (χ3n) is 2.47. The van der Waals surface area contributed by atoms with Gasteiger partial charge < -0.3 is 0 Å². The summed E-state index contributed by atoms with van der Waals surface area (Å²) < 4.78 is 91.6. The summed E-state index contributed by atoms with van der Waals surface area (Å²) in [6, 6.07) is 0. The molecule has 10 nitrogen and oxygen atoms in total. The molecule has 1 heterocycles. The van der Waals surface area contributed by atoms with Crippen LogP contribution in [0.4, 0.5) is 0 Å². The van der Waals surface area contributed by atoms with Gasteiger partial charge in [0.25, 0.3) is 30.4 Å². The Bertz CT molecular complexity index is 521. The molecule has 0 radical (unpaired) electrons. The van der Waals surface area contributed by atoms with E-state index < -0.39 is 59.2 Å². The number of piperidine rings is 1. The van der Waals surface area contributed by atoms with Crippen molar-refractivity contribution in [3.05, 3.63) is 0 Å². The molecule has 0 aromatic carbocycles. The summed E-state index contributed by atoms with van der Waals surface area (Å²) in [5.41, 5.74) is 0. The minimum Gasteiger partial charge on any atom is -0.285 e. The molecule has 1 fully saturated rings. The fourth-order valence-corrected chi connectivity index (χ4v) is 4.40. The molecule has 0 aromatic heterocycles. The van der Waals surface area contributed by atoms with Gasteiger partial charge in [0.2, 0.25) is 0 Å². The van der Waals surface area contributed by atoms with Gasteiger partial charge in [0.15, 0.2) is 0 Å². The zero-order chi connectivity index (χ0) is 14.4. The van der Waals surface area contributed by atoms with E-state index in [-0.39, 0.29) is 0 Å². The summed E-state index contributed by atoms with van der Waals surface area (Å²) in [5, 5.41) is -3.66. The molecule has 0 bridgehead atoms. The highest BCUT2D eigenvalue weighted by Gasteiger charge is 2.44. The first kappa shape index (κ1) is 15.7. The second-order valence-electron chi connectivity index (χ2n) is 3.78. The summed E-state index contributed by atoms with van der Waals surface area (Å²) in [6.45, 7) is 0. The molecular weight excluding hydrogens is 314 g/mol. The summed E-state index contributed by atoms with van der Waals surface area (Å²) in [4.78, 5) is 0. The van der Waals surface area contributed by atoms with E-state index in [1.807, 2.05) is 5.32 Å². The van der Waals surface area contributed by atoms with E-state index >= 15 is 0 Å². The lowest BCUT2D eigenvalue weighted by Crippen LogP contribution is -2.55. The molecule has 1 aliphatic heterocycles. The van der Waals surface area contributed by atoms with E-state index in [4.69, 9.17) is 13.7 Å². The van der Waals surface area contributed by atoms with Crippen molar-refractivity contribution < 1.29 is 38.9 Å². The Morgan fingerprint density at radius 1 is 0.722 bits per heavy atom. The van der Waals surface area contributed by atoms with Crippen LogP contribution in [-0.2, 0) is 30.4 Å². The van der Waals surface area contributed by atoms with Gasteiger partial charge in [-0.05, 0) is 12.8 Å². The van der Waals surface area contributed by atoms with Crippen LogP contribution in [0.25, 0.3) is 0 Å². The first-order valence-corrected chi connectivity index (χ1v) is 8.97. The predicted molar refractivity (Wildman–Crippen MR) is 58.4 cm³/mol. The maximum atomic E-state index is 10.9. The van der Waals surface area contributed by atoms with Crippen LogP contribution < -0.4 is 5.32 Å². The highest BCUT2D eigenvalue weighted by atomic mass is 32.2. The molecule has 1 rings (SSSR count). The van der Waals surface area contributed by atoms with Crippen LogP contribution in [-0.4, -0.2) is 54.9 Å². The zero-order valence-corrected chi connectivity index (χ0v) is 11.1. The van der Waals surface area contributed by atoms with Crippen molar-refractivity contribution in [2.75, 3.05) is 0 Å². The van der Waals surface area contributed by atoms with Gasteiger partial charge in [-0.1, -0.05) is 0 Å². The smallest absolute Gasteiger partial charge is 0.281 e. The molecule has 18 heavy (non-hydrogen) atoms. The third-order valence-corrected chi connectivity index (χ3v) is 5.79. The average Bonchev–Trinajstić information content (AvgIpc) is 2.13. The molecular formula is C5H11NO9S3. The van der Waals surface area contributed by atoms with E-state index in [0.717, 1.165) is 0 Å². The molecule has 2 unspecified atom stereocenters. The fraction of sp³-hybridized carbons (Fsp3) is 1.00. The monoisotopic (exact) mass is 325 g/mol. The second-order valence-corrected chi connectivity index (χ2v) is 8.68. The Morgan fingerprint density at radius 2 is 1.06 bits per heavy atom. The van der Waals surface area contributed by atoms with Crippen molar-refractivity contribution >= 4 is 30.4 Å². The Hall–Kier alpha value is -0.310. The number of nitrogens with one attached hydrogen (secondary N) is 1. The van der Waals surface area contributed by atoms with E-state index in [1.54, 1.807) is 0 Å². The Kier molecular flexibility index (Phi) is 4.08. The Balaban J connectivity index is 3.16. The second kappa shape index (κ2) is 4.66. The van der Waals surface area contributed by atoms with Crippen molar-refractivity contribution in [2.45, 2.75) is 28.8 Å². The molecule has 0 aromatic rings. The van der Waals surface area contributed by atoms with Crippen molar-refractivity contribution in [3.63, 3.8) is 0 Å². The zero-order valence-electron chi connectivity index (χ0n) is 8.66. The molecule has 0 saturated carbocycles. The third kappa shape index (κ3) is 3.84. The number of hydrogen-bond acceptors (Lipinski definition) is 7. The normalized spacial score (nSPS) is 31.2. The fourth-order valence-electron chi connectivity index (χ4n) is 1.58. The lowest BCUT2D eigenvalue weighted by molar-refractivity contribution is 0.358. The first-order valence-electron chi connectivity index (χ1n) is 4.47. The van der Waals surface area contributed by atoms with Gasteiger partial charge >= 0.3 is 0 Å². The van der Waals surface area contributed by atoms with Crippen LogP contribution in [0.1, 0.15) is 12.8 Å². The van der Waals surface area contributed by atoms with Gasteiger partial charge in [-0.15, -0.1) is 0 Å². The van der Waals surface area contributed by atoms with Gasteiger partial charge in [0.05, 0.1) is 5.25 Å². The van der Waals surface area contributed by atoms with Crippen LogP contribution >= 0.6 is 0 Å². The van der Waals surface area contributed by atoms with Crippen LogP contribution in [0, 0.1) is 0 Å². The van der Waals surface area contributed by atoms with E-state index in [2.05, 4.69) is 0 Å². The van der Waals surface area contributed by atoms with E-state index in [0.29, 0.717) is 0 Å². The average molecular weight is 325 g/mol. The largest absolute Gasteiger partial charge is 0.285 e. The Labute approximate surface area is 104 Å². The first-order chi connectivity index (χ1) is 7.82. The van der Waals surface area contributed by atoms with Gasteiger partial charge in [-0.25, -0.2) is 0 Å². The highest BCUT2D eigenvalue weighted by molar-refractivity contribution is 7.88. The van der Waals surface area contributed by atoms with Crippen LogP contribution in [0.15, 0.2) is 0 Å². The SMILES string of the molecule is O=S(=O)(O)C1CC(S(=O)(=O)O)NC(S(=O)(=O)O)C1. The topological polar surface area (TPSA) is 175 Å². The van der Waals surface area contributed by atoms with E-state index in [9.17, 15) is 25.3 Å². The standard InChI is InChI=1S/C5H11NO9S3/c7-16(8,9)3-1-4(17(10,11)12)6-5(2-3)18(13,14)15/h3-6H,1-2H2,(H,7,8,9)(H,10,11,12)(H,13,14,15). The summed E-state index contributed by atoms with van der Waals surface area (Å²) in [6.07, 6.45) is -1.46. The lowest BCUT2D eigenvalue weighted by atomic mass is 10.1. The lowest BCUT2D eigenvalue weighted by Gasteiger charge is -2.31. The molecule has 0 aliphatic carbocycles. The maximum absolute atomic E-state index is 10.9. The number of hydrogen-bond donors (Lipinski definition) is 4. The van der Waals surface area contributed by atoms with Gasteiger partial charge in [0.1, 0.15) is 10.7 Å². The molecule has 2 atom stereocenters. The van der Waals surface area contributed by atoms with Crippen molar-refractivity contribution in [1.82, 2.24) is 5.32 Å². The quantitative estimate of drug-likeness (QED) is 0.427. The van der Waals surface area contributed by atoms with Gasteiger partial charge in [0, 0.05) is 0 Å². The van der Waals surface area contributed by atoms with Gasteiger partial charge in [-0.2, -0.15) is 25.3 Å². The number of rotatable bonds is 3. The molecule has 0 amide bonds. The minimum absolute atomic E-state index is 0.732. The van der Waals surface area contributed by atoms with Crippen molar-refractivity contribution in [3.8, 4) is 0 Å². The molecule has 108 valence electrons. The van der Waals surface area contributed by atoms with E-state index in [1.165, 1.54) is 0 Å². The van der Waals surface area contributed by atoms with Crippen LogP contribution in [0.2, 0.25) is 0 Å². The molecule has 0 spiro atoms.